The van der Waals surface area contributed by atoms with Crippen LogP contribution in [0.3, 0.4) is 0 Å². The first-order chi connectivity index (χ1) is 40.1. The van der Waals surface area contributed by atoms with E-state index >= 15 is 0 Å². The fourth-order valence-corrected chi connectivity index (χ4v) is 10.9. The van der Waals surface area contributed by atoms with Gasteiger partial charge in [-0.1, -0.05) is 147 Å². The number of esters is 2. The lowest BCUT2D eigenvalue weighted by Crippen LogP contribution is -2.47. The average molecular weight is 1220 g/mol. The van der Waals surface area contributed by atoms with Crippen LogP contribution >= 0.6 is 58.0 Å². The van der Waals surface area contributed by atoms with E-state index in [1.807, 2.05) is 125 Å². The molecule has 2 aromatic heterocycles. The van der Waals surface area contributed by atoms with Crippen LogP contribution in [-0.4, -0.2) is 125 Å². The van der Waals surface area contributed by atoms with Gasteiger partial charge in [-0.2, -0.15) is 0 Å². The molecule has 0 unspecified atom stereocenters. The first-order valence-electron chi connectivity index (χ1n) is 27.8. The summed E-state index contributed by atoms with van der Waals surface area (Å²) < 4.78 is 9.89. The van der Waals surface area contributed by atoms with E-state index in [1.54, 1.807) is 0 Å². The number of nitrogens with zero attached hydrogens (tertiary/aromatic N) is 7. The molecule has 0 radical (unpaired) electrons. The largest absolute Gasteiger partial charge is 0.467 e. The Hall–Kier alpha value is -6.17. The molecule has 14 nitrogen and oxygen atoms in total. The smallest absolute Gasteiger partial charge is 0.328 e. The number of rotatable bonds is 17. The third kappa shape index (κ3) is 17.0. The summed E-state index contributed by atoms with van der Waals surface area (Å²) in [5, 5.41) is 14.6. The molecular weight excluding hydrogens is 1150 g/mol. The van der Waals surface area contributed by atoms with Crippen LogP contribution in [0.1, 0.15) is 73.7 Å². The van der Waals surface area contributed by atoms with Crippen molar-refractivity contribution < 1.29 is 19.1 Å². The second kappa shape index (κ2) is 30.6. The van der Waals surface area contributed by atoms with Gasteiger partial charge in [0, 0.05) is 83.2 Å². The molecule has 2 atom stereocenters. The normalized spacial score (nSPS) is 14.9. The van der Waals surface area contributed by atoms with Crippen molar-refractivity contribution in [3.8, 4) is 0 Å². The number of para-hydroxylation sites is 2. The highest BCUT2D eigenvalue weighted by atomic mass is 35.5. The quantitative estimate of drug-likeness (QED) is 0.0586. The minimum atomic E-state index is -0.507. The highest BCUT2D eigenvalue weighted by Crippen LogP contribution is 2.34. The maximum absolute atomic E-state index is 12.5. The first kappa shape index (κ1) is 62.9. The minimum absolute atomic E-state index is 0.0296. The van der Waals surface area contributed by atoms with Gasteiger partial charge in [-0.25, -0.2) is 29.5 Å². The van der Waals surface area contributed by atoms with E-state index in [2.05, 4.69) is 89.1 Å². The van der Waals surface area contributed by atoms with Gasteiger partial charge in [0.25, 0.3) is 0 Å². The van der Waals surface area contributed by atoms with Crippen LogP contribution in [0.25, 0.3) is 21.8 Å². The van der Waals surface area contributed by atoms with E-state index in [1.165, 1.54) is 36.5 Å². The van der Waals surface area contributed by atoms with E-state index in [9.17, 15) is 9.59 Å². The number of alkyl halides is 1. The zero-order chi connectivity index (χ0) is 59.0. The molecule has 2 fully saturated rings. The Labute approximate surface area is 512 Å². The fraction of sp³-hybridized carbons (Fsp3) is 0.344. The van der Waals surface area contributed by atoms with E-state index in [-0.39, 0.29) is 41.7 Å². The maximum Gasteiger partial charge on any atom is 0.328 e. The Balaban J connectivity index is 0.000000180. The highest BCUT2D eigenvalue weighted by Gasteiger charge is 2.30. The number of hydrogen-bond acceptors (Lipinski definition) is 14. The topological polar surface area (TPSA) is 150 Å². The van der Waals surface area contributed by atoms with Crippen LogP contribution in [-0.2, 0) is 31.5 Å². The lowest BCUT2D eigenvalue weighted by atomic mass is 9.96. The Morgan fingerprint density at radius 1 is 0.494 bits per heavy atom. The maximum atomic E-state index is 12.5. The molecule has 19 heteroatoms. The zero-order valence-corrected chi connectivity index (χ0v) is 51.3. The molecule has 0 amide bonds. The molecule has 0 spiro atoms. The molecule has 0 saturated carbocycles. The molecule has 2 aliphatic rings. The van der Waals surface area contributed by atoms with E-state index in [4.69, 9.17) is 77.4 Å². The zero-order valence-electron chi connectivity index (χ0n) is 47.5. The number of carbonyl (C=O) groups excluding carboxylic acids is 2. The second-order valence-electron chi connectivity index (χ2n) is 21.0. The van der Waals surface area contributed by atoms with Crippen molar-refractivity contribution in [1.82, 2.24) is 40.0 Å². The number of nitrogens with one attached hydrogen (secondary N) is 3. The Morgan fingerprint density at radius 2 is 0.843 bits per heavy atom. The molecule has 2 aliphatic heterocycles. The van der Waals surface area contributed by atoms with Crippen LogP contribution in [0.5, 0.6) is 0 Å². The summed E-state index contributed by atoms with van der Waals surface area (Å²) >= 11 is 30.3. The van der Waals surface area contributed by atoms with Crippen molar-refractivity contribution in [2.24, 2.45) is 11.8 Å². The van der Waals surface area contributed by atoms with Crippen LogP contribution in [0, 0.1) is 11.8 Å². The van der Waals surface area contributed by atoms with Crippen LogP contribution in [0.15, 0.2) is 146 Å². The third-order valence-electron chi connectivity index (χ3n) is 14.6. The monoisotopic (exact) mass is 1220 g/mol. The molecule has 83 heavy (non-hydrogen) atoms. The second-order valence-corrected chi connectivity index (χ2v) is 23.0. The molecule has 436 valence electrons. The van der Waals surface area contributed by atoms with Crippen LogP contribution < -0.4 is 16.0 Å². The Bertz CT molecular complexity index is 3280. The number of methoxy groups -OCH3 is 2. The molecule has 4 heterocycles. The van der Waals surface area contributed by atoms with Crippen molar-refractivity contribution >= 4 is 103 Å². The van der Waals surface area contributed by atoms with Crippen molar-refractivity contribution in [3.63, 3.8) is 0 Å². The number of aromatic nitrogens is 4. The Morgan fingerprint density at radius 3 is 1.20 bits per heavy atom. The summed E-state index contributed by atoms with van der Waals surface area (Å²) in [4.78, 5) is 50.3. The lowest BCUT2D eigenvalue weighted by molar-refractivity contribution is -0.143. The van der Waals surface area contributed by atoms with Crippen molar-refractivity contribution in [3.05, 3.63) is 200 Å². The van der Waals surface area contributed by atoms with Gasteiger partial charge in [-0.05, 0) is 107 Å². The summed E-state index contributed by atoms with van der Waals surface area (Å²) in [6, 6.07) is 47.3. The van der Waals surface area contributed by atoms with Gasteiger partial charge < -0.3 is 25.4 Å². The molecule has 10 rings (SSSR count). The summed E-state index contributed by atoms with van der Waals surface area (Å²) in [7, 11) is 2.79. The molecule has 0 aliphatic carbocycles. The number of carbonyl (C=O) groups is 2. The predicted molar refractivity (Wildman–Crippen MR) is 338 cm³/mol. The Kier molecular flexibility index (Phi) is 23.2. The lowest BCUT2D eigenvalue weighted by Gasteiger charge is -2.39. The third-order valence-corrected chi connectivity index (χ3v) is 15.9. The van der Waals surface area contributed by atoms with Crippen molar-refractivity contribution in [2.75, 3.05) is 77.2 Å². The van der Waals surface area contributed by atoms with Gasteiger partial charge in [-0.15, -0.1) is 11.6 Å². The van der Waals surface area contributed by atoms with Gasteiger partial charge in [-0.3, -0.25) is 14.7 Å². The van der Waals surface area contributed by atoms with Gasteiger partial charge in [0.05, 0.1) is 49.8 Å². The van der Waals surface area contributed by atoms with E-state index < -0.39 is 12.1 Å². The molecule has 8 aromatic rings. The van der Waals surface area contributed by atoms with E-state index in [0.717, 1.165) is 100 Å². The standard InChI is InChI=1S/C32H35Cl2N5O2.C17H18Cl2N2.C15H18ClN3O2/c1-21(2)29(32(40)41-3)37-31-26-6-4-5-7-27(26)35-28(36-31)20-38-16-18-39(19-17-38)30(22-8-12-24(33)13-9-22)23-10-14-25(34)15-11-23;18-15-5-1-13(2-6-15)17(21-11-9-20-10-12-21)14-3-7-16(19)8-4-14;1-9(2)13(15(20)21-3)19-14-10-6-4-5-7-11(10)17-12(8-16)18-14/h4-15,21,29-30H,16-20H2,1-3H3,(H,35,36,37);1-8,17,20H,9-12H2;4-7,9,13H,8H2,1-3H3,(H,17,18,19)/t29-;;13-/m0.0/s1. The molecule has 6 aromatic carbocycles. The van der Waals surface area contributed by atoms with Gasteiger partial charge >= 0.3 is 11.9 Å². The number of piperazine rings is 2. The minimum Gasteiger partial charge on any atom is -0.467 e. The SMILES string of the molecule is COC(=O)[C@@H](Nc1nc(CCl)nc2ccccc12)C(C)C.COC(=O)[C@@H](Nc1nc(CN2CCN(C(c3ccc(Cl)cc3)c3ccc(Cl)cc3)CC2)nc2ccccc12)C(C)C.Clc1ccc(C(c2ccc(Cl)cc2)N2CCNCC2)cc1. The van der Waals surface area contributed by atoms with Crippen LogP contribution in [0.4, 0.5) is 11.6 Å². The molecule has 2 saturated heterocycles. The average Bonchev–Trinajstić information content (AvgIpc) is 3.61. The summed E-state index contributed by atoms with van der Waals surface area (Å²) in [6.45, 7) is 16.1. The van der Waals surface area contributed by atoms with E-state index in [0.29, 0.717) is 24.0 Å². The van der Waals surface area contributed by atoms with Crippen LogP contribution in [0.2, 0.25) is 20.1 Å². The number of halogens is 5. The van der Waals surface area contributed by atoms with Crippen molar-refractivity contribution in [2.45, 2.75) is 64.3 Å². The van der Waals surface area contributed by atoms with Gasteiger partial charge in [0.1, 0.15) is 35.4 Å². The van der Waals surface area contributed by atoms with Gasteiger partial charge in [0.2, 0.25) is 0 Å². The predicted octanol–water partition coefficient (Wildman–Crippen LogP) is 13.4. The van der Waals surface area contributed by atoms with Crippen molar-refractivity contribution in [1.29, 1.82) is 0 Å². The molecule has 0 bridgehead atoms. The molecule has 3 N–H and O–H groups in total. The number of anilines is 2. The number of fused-ring (bicyclic) bond motifs is 2. The molecular formula is C64H71Cl5N10O4. The summed E-state index contributed by atoms with van der Waals surface area (Å²) in [6.07, 6.45) is 0. The number of hydrogen-bond donors (Lipinski definition) is 3. The fourth-order valence-electron chi connectivity index (χ4n) is 10.3. The summed E-state index contributed by atoms with van der Waals surface area (Å²) in [5.41, 5.74) is 6.56. The summed E-state index contributed by atoms with van der Waals surface area (Å²) in [5.74, 6) is 2.16. The van der Waals surface area contributed by atoms with Gasteiger partial charge in [0.15, 0.2) is 0 Å². The number of benzene rings is 6. The number of ether oxygens (including phenoxy) is 2. The highest BCUT2D eigenvalue weighted by molar-refractivity contribution is 6.31. The first-order valence-corrected chi connectivity index (χ1v) is 29.9.